The Balaban J connectivity index is 1.98. The number of hydrogen-bond acceptors (Lipinski definition) is 5. The monoisotopic (exact) mass is 375 g/mol. The molecule has 0 bridgehead atoms. The highest BCUT2D eigenvalue weighted by molar-refractivity contribution is 5.92. The van der Waals surface area contributed by atoms with Crippen molar-refractivity contribution < 1.29 is 28.2 Å². The first-order valence-corrected chi connectivity index (χ1v) is 8.23. The van der Waals surface area contributed by atoms with E-state index in [0.717, 1.165) is 11.1 Å². The average Bonchev–Trinajstić information content (AvgIpc) is 2.67. The van der Waals surface area contributed by atoms with Gasteiger partial charge in [-0.1, -0.05) is 12.1 Å². The third kappa shape index (κ3) is 5.20. The molecule has 27 heavy (non-hydrogen) atoms. The molecule has 2 aromatic rings. The minimum atomic E-state index is -0.657. The fourth-order valence-electron chi connectivity index (χ4n) is 2.48. The van der Waals surface area contributed by atoms with Crippen molar-refractivity contribution in [2.24, 2.45) is 0 Å². The van der Waals surface area contributed by atoms with Crippen LogP contribution in [-0.2, 0) is 16.1 Å². The number of esters is 1. The molecule has 0 aromatic heterocycles. The molecule has 0 saturated carbocycles. The van der Waals surface area contributed by atoms with E-state index < -0.39 is 12.6 Å². The van der Waals surface area contributed by atoms with Crippen LogP contribution in [0.2, 0.25) is 0 Å². The molecule has 1 amide bonds. The van der Waals surface area contributed by atoms with Gasteiger partial charge in [-0.2, -0.15) is 0 Å². The number of amides is 1. The Morgan fingerprint density at radius 2 is 1.59 bits per heavy atom. The summed E-state index contributed by atoms with van der Waals surface area (Å²) < 4.78 is 28.5. The highest BCUT2D eigenvalue weighted by atomic mass is 19.1. The van der Waals surface area contributed by atoms with E-state index in [1.54, 1.807) is 26.1 Å². The molecule has 2 aromatic carbocycles. The van der Waals surface area contributed by atoms with Gasteiger partial charge in [0, 0.05) is 19.2 Å². The van der Waals surface area contributed by atoms with Crippen LogP contribution in [0.15, 0.2) is 36.4 Å². The Morgan fingerprint density at radius 3 is 2.11 bits per heavy atom. The summed E-state index contributed by atoms with van der Waals surface area (Å²) >= 11 is 0. The highest BCUT2D eigenvalue weighted by Gasteiger charge is 2.17. The van der Waals surface area contributed by atoms with Crippen LogP contribution < -0.4 is 9.47 Å². The Labute approximate surface area is 157 Å². The number of hydrogen-bond donors (Lipinski definition) is 0. The van der Waals surface area contributed by atoms with E-state index in [2.05, 4.69) is 0 Å². The van der Waals surface area contributed by atoms with Crippen LogP contribution in [0, 0.1) is 12.7 Å². The molecule has 0 fully saturated rings. The van der Waals surface area contributed by atoms with Gasteiger partial charge in [-0.3, -0.25) is 4.79 Å². The van der Waals surface area contributed by atoms with Gasteiger partial charge in [0.1, 0.15) is 17.3 Å². The summed E-state index contributed by atoms with van der Waals surface area (Å²) in [5, 5.41) is 0. The molecule has 0 spiro atoms. The lowest BCUT2D eigenvalue weighted by atomic mass is 10.1. The summed E-state index contributed by atoms with van der Waals surface area (Å²) in [5.41, 5.74) is 1.75. The van der Waals surface area contributed by atoms with E-state index >= 15 is 0 Å². The maximum atomic E-state index is 12.9. The number of halogens is 1. The molecule has 0 aliphatic carbocycles. The van der Waals surface area contributed by atoms with Crippen LogP contribution in [0.5, 0.6) is 11.5 Å². The Kier molecular flexibility index (Phi) is 6.76. The van der Waals surface area contributed by atoms with Gasteiger partial charge >= 0.3 is 5.97 Å². The fourth-order valence-corrected chi connectivity index (χ4v) is 2.48. The van der Waals surface area contributed by atoms with E-state index in [1.807, 2.05) is 0 Å². The van der Waals surface area contributed by atoms with Crippen molar-refractivity contribution in [3.05, 3.63) is 58.9 Å². The molecular weight excluding hydrogens is 353 g/mol. The SMILES string of the molecule is COc1cc(C(=O)OCC(=O)N(C)Cc2ccc(F)cc2)cc(OC)c1C. The van der Waals surface area contributed by atoms with Crippen molar-refractivity contribution >= 4 is 11.9 Å². The van der Waals surface area contributed by atoms with Crippen LogP contribution in [0.3, 0.4) is 0 Å². The second kappa shape index (κ2) is 9.02. The molecule has 144 valence electrons. The number of carbonyl (C=O) groups is 2. The van der Waals surface area contributed by atoms with Crippen LogP contribution in [-0.4, -0.2) is 44.7 Å². The second-order valence-corrected chi connectivity index (χ2v) is 5.96. The van der Waals surface area contributed by atoms with Gasteiger partial charge in [-0.05, 0) is 36.8 Å². The summed E-state index contributed by atoms with van der Waals surface area (Å²) in [7, 11) is 4.56. The van der Waals surface area contributed by atoms with Crippen molar-refractivity contribution in [3.8, 4) is 11.5 Å². The van der Waals surface area contributed by atoms with Crippen molar-refractivity contribution in [1.82, 2.24) is 4.90 Å². The molecule has 0 atom stereocenters. The highest BCUT2D eigenvalue weighted by Crippen LogP contribution is 2.29. The van der Waals surface area contributed by atoms with Crippen molar-refractivity contribution in [1.29, 1.82) is 0 Å². The fraction of sp³-hybridized carbons (Fsp3) is 0.300. The molecule has 2 rings (SSSR count). The average molecular weight is 375 g/mol. The zero-order valence-electron chi connectivity index (χ0n) is 15.7. The number of benzene rings is 2. The van der Waals surface area contributed by atoms with Crippen molar-refractivity contribution in [2.45, 2.75) is 13.5 Å². The van der Waals surface area contributed by atoms with Crippen LogP contribution in [0.25, 0.3) is 0 Å². The second-order valence-electron chi connectivity index (χ2n) is 5.96. The summed E-state index contributed by atoms with van der Waals surface area (Å²) in [6.07, 6.45) is 0. The molecule has 0 saturated heterocycles. The third-order valence-corrected chi connectivity index (χ3v) is 4.07. The van der Waals surface area contributed by atoms with E-state index in [0.29, 0.717) is 11.5 Å². The Bertz CT molecular complexity index is 795. The van der Waals surface area contributed by atoms with Crippen LogP contribution >= 0.6 is 0 Å². The standard InChI is InChI=1S/C20H22FNO5/c1-13-17(25-3)9-15(10-18(13)26-4)20(24)27-12-19(23)22(2)11-14-5-7-16(21)8-6-14/h5-10H,11-12H2,1-4H3. The van der Waals surface area contributed by atoms with Gasteiger partial charge in [0.05, 0.1) is 19.8 Å². The molecule has 0 N–H and O–H groups in total. The predicted octanol–water partition coefficient (Wildman–Crippen LogP) is 2.97. The zero-order chi connectivity index (χ0) is 20.0. The number of rotatable bonds is 7. The minimum absolute atomic E-state index is 0.225. The first kappa shape index (κ1) is 20.2. The van der Waals surface area contributed by atoms with E-state index in [1.165, 1.54) is 43.4 Å². The Hall–Kier alpha value is -3.09. The van der Waals surface area contributed by atoms with Crippen molar-refractivity contribution in [3.63, 3.8) is 0 Å². The van der Waals surface area contributed by atoms with Crippen LogP contribution in [0.1, 0.15) is 21.5 Å². The maximum absolute atomic E-state index is 12.9. The van der Waals surface area contributed by atoms with Gasteiger partial charge in [0.25, 0.3) is 5.91 Å². The lowest BCUT2D eigenvalue weighted by Gasteiger charge is -2.17. The van der Waals surface area contributed by atoms with E-state index in [-0.39, 0.29) is 23.8 Å². The molecule has 0 aliphatic rings. The number of likely N-dealkylation sites (N-methyl/N-ethyl adjacent to an activating group) is 1. The van der Waals surface area contributed by atoms with Gasteiger partial charge in [-0.25, -0.2) is 9.18 Å². The number of ether oxygens (including phenoxy) is 3. The van der Waals surface area contributed by atoms with E-state index in [9.17, 15) is 14.0 Å². The van der Waals surface area contributed by atoms with Gasteiger partial charge in [-0.15, -0.1) is 0 Å². The largest absolute Gasteiger partial charge is 0.496 e. The first-order chi connectivity index (χ1) is 12.8. The third-order valence-electron chi connectivity index (χ3n) is 4.07. The molecule has 7 heteroatoms. The number of carbonyl (C=O) groups excluding carboxylic acids is 2. The number of nitrogens with zero attached hydrogens (tertiary/aromatic N) is 1. The summed E-state index contributed by atoms with van der Waals surface area (Å²) in [6.45, 7) is 1.68. The summed E-state index contributed by atoms with van der Waals surface area (Å²) in [5.74, 6) is -0.401. The smallest absolute Gasteiger partial charge is 0.338 e. The normalized spacial score (nSPS) is 10.3. The summed E-state index contributed by atoms with van der Waals surface area (Å²) in [4.78, 5) is 25.8. The topological polar surface area (TPSA) is 65.1 Å². The Morgan fingerprint density at radius 1 is 1.04 bits per heavy atom. The summed E-state index contributed by atoms with van der Waals surface area (Å²) in [6, 6.07) is 8.91. The molecule has 0 aliphatic heterocycles. The molecular formula is C20H22FNO5. The van der Waals surface area contributed by atoms with Crippen LogP contribution in [0.4, 0.5) is 4.39 Å². The molecule has 0 heterocycles. The van der Waals surface area contributed by atoms with Crippen molar-refractivity contribution in [2.75, 3.05) is 27.9 Å². The molecule has 0 unspecified atom stereocenters. The lowest BCUT2D eigenvalue weighted by molar-refractivity contribution is -0.133. The molecule has 6 nitrogen and oxygen atoms in total. The minimum Gasteiger partial charge on any atom is -0.496 e. The number of methoxy groups -OCH3 is 2. The maximum Gasteiger partial charge on any atom is 0.338 e. The van der Waals surface area contributed by atoms with Gasteiger partial charge < -0.3 is 19.1 Å². The van der Waals surface area contributed by atoms with Gasteiger partial charge in [0.2, 0.25) is 0 Å². The van der Waals surface area contributed by atoms with Gasteiger partial charge in [0.15, 0.2) is 6.61 Å². The zero-order valence-corrected chi connectivity index (χ0v) is 15.7. The van der Waals surface area contributed by atoms with E-state index in [4.69, 9.17) is 14.2 Å². The first-order valence-electron chi connectivity index (χ1n) is 8.23. The molecule has 0 radical (unpaired) electrons. The quantitative estimate of drug-likeness (QED) is 0.696. The lowest BCUT2D eigenvalue weighted by Crippen LogP contribution is -2.30. The predicted molar refractivity (Wildman–Crippen MR) is 97.4 cm³/mol.